The van der Waals surface area contributed by atoms with E-state index in [1.54, 1.807) is 24.3 Å². The summed E-state index contributed by atoms with van der Waals surface area (Å²) in [5.41, 5.74) is 3.32. The summed E-state index contributed by atoms with van der Waals surface area (Å²) < 4.78 is 0. The molecule has 4 heteroatoms. The number of carbonyl (C=O) groups excluding carboxylic acids is 2. The van der Waals surface area contributed by atoms with Gasteiger partial charge in [0.25, 0.3) is 5.91 Å². The lowest BCUT2D eigenvalue weighted by molar-refractivity contribution is -0.114. The Bertz CT molecular complexity index is 908. The highest BCUT2D eigenvalue weighted by molar-refractivity contribution is 5.97. The van der Waals surface area contributed by atoms with Gasteiger partial charge in [-0.05, 0) is 35.7 Å². The van der Waals surface area contributed by atoms with Crippen LogP contribution in [-0.2, 0) is 11.2 Å². The Balaban J connectivity index is 1.81. The lowest BCUT2D eigenvalue weighted by Gasteiger charge is -2.20. The number of hydrogen-bond donors (Lipinski definition) is 2. The van der Waals surface area contributed by atoms with Gasteiger partial charge in [-0.15, -0.1) is 0 Å². The van der Waals surface area contributed by atoms with E-state index < -0.39 is 0 Å². The van der Waals surface area contributed by atoms with E-state index >= 15 is 0 Å². The molecule has 0 bridgehead atoms. The van der Waals surface area contributed by atoms with Crippen molar-refractivity contribution in [1.82, 2.24) is 5.32 Å². The molecular weight excluding hydrogens is 336 g/mol. The van der Waals surface area contributed by atoms with Crippen molar-refractivity contribution in [3.63, 3.8) is 0 Å². The molecule has 2 amide bonds. The average molecular weight is 358 g/mol. The second kappa shape index (κ2) is 8.81. The molecule has 0 fully saturated rings. The lowest BCUT2D eigenvalue weighted by atomic mass is 9.98. The van der Waals surface area contributed by atoms with Crippen LogP contribution in [-0.4, -0.2) is 11.8 Å². The van der Waals surface area contributed by atoms with Crippen LogP contribution in [0, 0.1) is 0 Å². The largest absolute Gasteiger partial charge is 0.345 e. The van der Waals surface area contributed by atoms with Crippen LogP contribution in [0.5, 0.6) is 0 Å². The monoisotopic (exact) mass is 358 g/mol. The smallest absolute Gasteiger partial charge is 0.251 e. The van der Waals surface area contributed by atoms with Crippen molar-refractivity contribution in [3.8, 4) is 0 Å². The molecule has 4 nitrogen and oxygen atoms in total. The van der Waals surface area contributed by atoms with Crippen molar-refractivity contribution in [2.24, 2.45) is 0 Å². The van der Waals surface area contributed by atoms with Crippen LogP contribution in [0.15, 0.2) is 84.9 Å². The predicted molar refractivity (Wildman–Crippen MR) is 108 cm³/mol. The highest BCUT2D eigenvalue weighted by atomic mass is 16.2. The maximum absolute atomic E-state index is 12.8. The third-order valence-corrected chi connectivity index (χ3v) is 4.24. The van der Waals surface area contributed by atoms with Crippen LogP contribution in [0.3, 0.4) is 0 Å². The molecule has 0 aromatic heterocycles. The fourth-order valence-electron chi connectivity index (χ4n) is 2.97. The molecule has 0 aliphatic heterocycles. The zero-order valence-corrected chi connectivity index (χ0v) is 15.2. The van der Waals surface area contributed by atoms with E-state index in [0.29, 0.717) is 17.7 Å². The minimum atomic E-state index is -0.174. The van der Waals surface area contributed by atoms with E-state index in [1.807, 2.05) is 48.5 Å². The maximum Gasteiger partial charge on any atom is 0.251 e. The summed E-state index contributed by atoms with van der Waals surface area (Å²) in [6.45, 7) is 1.44. The van der Waals surface area contributed by atoms with Crippen LogP contribution in [0.25, 0.3) is 0 Å². The van der Waals surface area contributed by atoms with Gasteiger partial charge in [-0.25, -0.2) is 0 Å². The van der Waals surface area contributed by atoms with E-state index in [1.165, 1.54) is 6.92 Å². The van der Waals surface area contributed by atoms with Gasteiger partial charge in [0.15, 0.2) is 0 Å². The van der Waals surface area contributed by atoms with Crippen molar-refractivity contribution in [2.75, 3.05) is 5.32 Å². The Labute approximate surface area is 159 Å². The SMILES string of the molecule is CC(=O)Nc1cccc(C(=O)NC(Cc2ccccc2)c2ccccc2)c1. The number of carbonyl (C=O) groups is 2. The summed E-state index contributed by atoms with van der Waals surface area (Å²) in [7, 11) is 0. The second-order valence-corrected chi connectivity index (χ2v) is 6.39. The summed E-state index contributed by atoms with van der Waals surface area (Å²) >= 11 is 0. The van der Waals surface area contributed by atoms with E-state index in [0.717, 1.165) is 11.1 Å². The zero-order valence-electron chi connectivity index (χ0n) is 15.2. The minimum absolute atomic E-state index is 0.148. The zero-order chi connectivity index (χ0) is 19.1. The number of amides is 2. The van der Waals surface area contributed by atoms with Crippen molar-refractivity contribution in [2.45, 2.75) is 19.4 Å². The molecule has 0 saturated carbocycles. The number of rotatable bonds is 6. The molecule has 0 aliphatic rings. The summed E-state index contributed by atoms with van der Waals surface area (Å²) in [6, 6.07) is 26.8. The quantitative estimate of drug-likeness (QED) is 0.688. The minimum Gasteiger partial charge on any atom is -0.345 e. The topological polar surface area (TPSA) is 58.2 Å². The first-order valence-electron chi connectivity index (χ1n) is 8.89. The van der Waals surface area contributed by atoms with Gasteiger partial charge in [-0.3, -0.25) is 9.59 Å². The van der Waals surface area contributed by atoms with Gasteiger partial charge in [0.05, 0.1) is 6.04 Å². The van der Waals surface area contributed by atoms with Crippen molar-refractivity contribution in [1.29, 1.82) is 0 Å². The molecule has 0 radical (unpaired) electrons. The van der Waals surface area contributed by atoms with Gasteiger partial charge in [-0.2, -0.15) is 0 Å². The van der Waals surface area contributed by atoms with Crippen molar-refractivity contribution in [3.05, 3.63) is 102 Å². The van der Waals surface area contributed by atoms with Gasteiger partial charge in [0.2, 0.25) is 5.91 Å². The number of nitrogens with one attached hydrogen (secondary N) is 2. The van der Waals surface area contributed by atoms with Crippen molar-refractivity contribution < 1.29 is 9.59 Å². The summed E-state index contributed by atoms with van der Waals surface area (Å²) in [5.74, 6) is -0.342. The van der Waals surface area contributed by atoms with Gasteiger partial charge in [0.1, 0.15) is 0 Å². The van der Waals surface area contributed by atoms with Crippen LogP contribution in [0.4, 0.5) is 5.69 Å². The third-order valence-electron chi connectivity index (χ3n) is 4.24. The Hall–Kier alpha value is -3.40. The Morgan fingerprint density at radius 2 is 1.52 bits per heavy atom. The molecule has 136 valence electrons. The normalized spacial score (nSPS) is 11.4. The van der Waals surface area contributed by atoms with E-state index in [9.17, 15) is 9.59 Å². The first-order chi connectivity index (χ1) is 13.1. The predicted octanol–water partition coefficient (Wildman–Crippen LogP) is 4.36. The number of anilines is 1. The van der Waals surface area contributed by atoms with Gasteiger partial charge in [0, 0.05) is 18.2 Å². The van der Waals surface area contributed by atoms with Crippen LogP contribution in [0.2, 0.25) is 0 Å². The molecule has 3 aromatic rings. The second-order valence-electron chi connectivity index (χ2n) is 6.39. The molecule has 0 spiro atoms. The fraction of sp³-hybridized carbons (Fsp3) is 0.130. The highest BCUT2D eigenvalue weighted by Crippen LogP contribution is 2.20. The summed E-state index contributed by atoms with van der Waals surface area (Å²) in [5, 5.41) is 5.83. The number of benzene rings is 3. The van der Waals surface area contributed by atoms with Gasteiger partial charge in [-0.1, -0.05) is 66.7 Å². The average Bonchev–Trinajstić information content (AvgIpc) is 2.68. The molecule has 0 saturated heterocycles. The Morgan fingerprint density at radius 1 is 0.852 bits per heavy atom. The Kier molecular flexibility index (Phi) is 6.00. The summed E-state index contributed by atoms with van der Waals surface area (Å²) in [4.78, 5) is 24.1. The number of hydrogen-bond acceptors (Lipinski definition) is 2. The van der Waals surface area contributed by atoms with E-state index in [4.69, 9.17) is 0 Å². The van der Waals surface area contributed by atoms with Crippen LogP contribution in [0.1, 0.15) is 34.5 Å². The standard InChI is InChI=1S/C23H22N2O2/c1-17(26)24-21-14-8-13-20(16-21)23(27)25-22(19-11-6-3-7-12-19)15-18-9-4-2-5-10-18/h2-14,16,22H,15H2,1H3,(H,24,26)(H,25,27). The van der Waals surface area contributed by atoms with Gasteiger partial charge >= 0.3 is 0 Å². The Morgan fingerprint density at radius 3 is 2.19 bits per heavy atom. The van der Waals surface area contributed by atoms with Crippen molar-refractivity contribution >= 4 is 17.5 Å². The molecule has 3 rings (SSSR count). The third kappa shape index (κ3) is 5.28. The molecule has 0 aliphatic carbocycles. The molecule has 3 aromatic carbocycles. The van der Waals surface area contributed by atoms with E-state index in [2.05, 4.69) is 22.8 Å². The first-order valence-corrected chi connectivity index (χ1v) is 8.89. The maximum atomic E-state index is 12.8. The molecule has 0 heterocycles. The van der Waals surface area contributed by atoms with E-state index in [-0.39, 0.29) is 17.9 Å². The first kappa shape index (κ1) is 18.4. The van der Waals surface area contributed by atoms with Gasteiger partial charge < -0.3 is 10.6 Å². The fourth-order valence-corrected chi connectivity index (χ4v) is 2.97. The molecule has 1 unspecified atom stereocenters. The van der Waals surface area contributed by atoms with Crippen LogP contribution < -0.4 is 10.6 Å². The molecule has 2 N–H and O–H groups in total. The highest BCUT2D eigenvalue weighted by Gasteiger charge is 2.16. The molecule has 27 heavy (non-hydrogen) atoms. The molecule has 1 atom stereocenters. The summed E-state index contributed by atoms with van der Waals surface area (Å²) in [6.07, 6.45) is 0.696. The lowest BCUT2D eigenvalue weighted by Crippen LogP contribution is -2.30. The van der Waals surface area contributed by atoms with Crippen LogP contribution >= 0.6 is 0 Å². The molecular formula is C23H22N2O2.